The van der Waals surface area contributed by atoms with E-state index in [2.05, 4.69) is 15.2 Å². The Morgan fingerprint density at radius 2 is 1.93 bits per heavy atom. The van der Waals surface area contributed by atoms with Crippen LogP contribution in [-0.2, 0) is 11.2 Å². The summed E-state index contributed by atoms with van der Waals surface area (Å²) < 4.78 is 16.2. The summed E-state index contributed by atoms with van der Waals surface area (Å²) in [6.07, 6.45) is 3.59. The first-order chi connectivity index (χ1) is 13.6. The van der Waals surface area contributed by atoms with Crippen molar-refractivity contribution in [1.29, 1.82) is 0 Å². The summed E-state index contributed by atoms with van der Waals surface area (Å²) in [5.74, 6) is 2.94. The maximum absolute atomic E-state index is 12.5. The van der Waals surface area contributed by atoms with Gasteiger partial charge in [-0.15, -0.1) is 0 Å². The van der Waals surface area contributed by atoms with E-state index in [-0.39, 0.29) is 11.9 Å². The summed E-state index contributed by atoms with van der Waals surface area (Å²) in [4.78, 5) is 19.1. The van der Waals surface area contributed by atoms with Gasteiger partial charge in [0.1, 0.15) is 23.1 Å². The summed E-state index contributed by atoms with van der Waals surface area (Å²) in [7, 11) is 4.79. The van der Waals surface area contributed by atoms with Gasteiger partial charge in [-0.3, -0.25) is 4.79 Å². The van der Waals surface area contributed by atoms with Crippen molar-refractivity contribution in [1.82, 2.24) is 10.3 Å². The number of hydrogen-bond donors (Lipinski definition) is 1. The highest BCUT2D eigenvalue weighted by Gasteiger charge is 2.25. The maximum atomic E-state index is 12.5. The molecule has 3 rings (SSSR count). The third-order valence-electron chi connectivity index (χ3n) is 4.95. The lowest BCUT2D eigenvalue weighted by molar-refractivity contribution is -0.121. The van der Waals surface area contributed by atoms with Crippen LogP contribution in [0.5, 0.6) is 17.2 Å². The molecule has 7 heteroatoms. The zero-order chi connectivity index (χ0) is 19.9. The smallest absolute Gasteiger partial charge is 0.220 e. The van der Waals surface area contributed by atoms with Crippen LogP contribution in [0.1, 0.15) is 18.4 Å². The predicted octanol–water partition coefficient (Wildman–Crippen LogP) is 2.44. The first-order valence-electron chi connectivity index (χ1n) is 9.38. The van der Waals surface area contributed by atoms with E-state index in [4.69, 9.17) is 14.2 Å². The number of hydrogen-bond acceptors (Lipinski definition) is 6. The molecule has 1 saturated heterocycles. The molecule has 0 radical (unpaired) electrons. The van der Waals surface area contributed by atoms with E-state index >= 15 is 0 Å². The largest absolute Gasteiger partial charge is 0.496 e. The normalized spacial score (nSPS) is 16.0. The fourth-order valence-electron chi connectivity index (χ4n) is 3.49. The van der Waals surface area contributed by atoms with Crippen molar-refractivity contribution < 1.29 is 19.0 Å². The van der Waals surface area contributed by atoms with E-state index < -0.39 is 0 Å². The number of methoxy groups -OCH3 is 3. The summed E-state index contributed by atoms with van der Waals surface area (Å²) >= 11 is 0. The fourth-order valence-corrected chi connectivity index (χ4v) is 3.49. The molecule has 1 fully saturated rings. The Bertz CT molecular complexity index is 772. The monoisotopic (exact) mass is 385 g/mol. The first kappa shape index (κ1) is 19.8. The highest BCUT2D eigenvalue weighted by atomic mass is 16.5. The predicted molar refractivity (Wildman–Crippen MR) is 107 cm³/mol. The third-order valence-corrected chi connectivity index (χ3v) is 4.95. The van der Waals surface area contributed by atoms with Crippen LogP contribution in [0.15, 0.2) is 36.5 Å². The zero-order valence-electron chi connectivity index (χ0n) is 16.6. The SMILES string of the molecule is COc1cc(OC)c(CCC(=O)NC2CCN(c3ccccn3)C2)c(OC)c1. The summed E-state index contributed by atoms with van der Waals surface area (Å²) in [6.45, 7) is 1.67. The molecular formula is C21H27N3O4. The minimum atomic E-state index is 0.0211. The summed E-state index contributed by atoms with van der Waals surface area (Å²) in [6, 6.07) is 9.61. The third kappa shape index (κ3) is 4.65. The average molecular weight is 385 g/mol. The van der Waals surface area contributed by atoms with Crippen molar-refractivity contribution in [2.45, 2.75) is 25.3 Å². The molecule has 1 unspecified atom stereocenters. The second kappa shape index (κ2) is 9.30. The van der Waals surface area contributed by atoms with Crippen LogP contribution in [0, 0.1) is 0 Å². The van der Waals surface area contributed by atoms with Crippen molar-refractivity contribution in [3.05, 3.63) is 42.1 Å². The lowest BCUT2D eigenvalue weighted by atomic mass is 10.1. The molecule has 1 aliphatic rings. The van der Waals surface area contributed by atoms with Crippen molar-refractivity contribution in [3.63, 3.8) is 0 Å². The van der Waals surface area contributed by atoms with Crippen LogP contribution in [0.25, 0.3) is 0 Å². The Balaban J connectivity index is 1.56. The number of carbonyl (C=O) groups excluding carboxylic acids is 1. The standard InChI is InChI=1S/C21H27N3O4/c1-26-16-12-18(27-2)17(19(13-16)28-3)7-8-21(25)23-15-9-11-24(14-15)20-6-4-5-10-22-20/h4-6,10,12-13,15H,7-9,11,14H2,1-3H3,(H,23,25). The Kier molecular flexibility index (Phi) is 6.57. The molecule has 0 aliphatic carbocycles. The van der Waals surface area contributed by atoms with E-state index in [0.717, 1.165) is 30.9 Å². The van der Waals surface area contributed by atoms with Crippen LogP contribution in [0.4, 0.5) is 5.82 Å². The number of benzene rings is 1. The van der Waals surface area contributed by atoms with Crippen LogP contribution >= 0.6 is 0 Å². The Morgan fingerprint density at radius 1 is 1.18 bits per heavy atom. The second-order valence-corrected chi connectivity index (χ2v) is 6.70. The molecule has 1 aromatic heterocycles. The molecule has 1 aliphatic heterocycles. The quantitative estimate of drug-likeness (QED) is 0.752. The van der Waals surface area contributed by atoms with E-state index in [9.17, 15) is 4.79 Å². The van der Waals surface area contributed by atoms with Gasteiger partial charge in [-0.2, -0.15) is 0 Å². The van der Waals surface area contributed by atoms with Crippen molar-refractivity contribution in [2.24, 2.45) is 0 Å². The number of aromatic nitrogens is 1. The van der Waals surface area contributed by atoms with Gasteiger partial charge in [0.25, 0.3) is 0 Å². The number of nitrogens with zero attached hydrogens (tertiary/aromatic N) is 2. The molecule has 1 N–H and O–H groups in total. The number of nitrogens with one attached hydrogen (secondary N) is 1. The molecule has 1 atom stereocenters. The molecule has 2 heterocycles. The summed E-state index contributed by atoms with van der Waals surface area (Å²) in [5, 5.41) is 3.13. The number of pyridine rings is 1. The van der Waals surface area contributed by atoms with Crippen molar-refractivity contribution in [3.8, 4) is 17.2 Å². The van der Waals surface area contributed by atoms with E-state index in [1.54, 1.807) is 39.7 Å². The summed E-state index contributed by atoms with van der Waals surface area (Å²) in [5.41, 5.74) is 0.863. The number of rotatable bonds is 8. The van der Waals surface area contributed by atoms with Gasteiger partial charge in [0.15, 0.2) is 0 Å². The van der Waals surface area contributed by atoms with E-state index in [1.165, 1.54) is 0 Å². The lowest BCUT2D eigenvalue weighted by Gasteiger charge is -2.18. The molecule has 0 saturated carbocycles. The van der Waals surface area contributed by atoms with Gasteiger partial charge in [-0.25, -0.2) is 4.98 Å². The van der Waals surface area contributed by atoms with Crippen LogP contribution < -0.4 is 24.4 Å². The lowest BCUT2D eigenvalue weighted by Crippen LogP contribution is -2.37. The first-order valence-corrected chi connectivity index (χ1v) is 9.38. The average Bonchev–Trinajstić information content (AvgIpc) is 3.20. The molecule has 0 bridgehead atoms. The molecule has 1 aromatic carbocycles. The second-order valence-electron chi connectivity index (χ2n) is 6.70. The zero-order valence-corrected chi connectivity index (χ0v) is 16.6. The molecule has 2 aromatic rings. The van der Waals surface area contributed by atoms with Gasteiger partial charge in [0, 0.05) is 49.4 Å². The number of carbonyl (C=O) groups is 1. The van der Waals surface area contributed by atoms with Crippen LogP contribution in [0.2, 0.25) is 0 Å². The fraction of sp³-hybridized carbons (Fsp3) is 0.429. The molecular weight excluding hydrogens is 358 g/mol. The van der Waals surface area contributed by atoms with Crippen molar-refractivity contribution >= 4 is 11.7 Å². The molecule has 28 heavy (non-hydrogen) atoms. The van der Waals surface area contributed by atoms with Crippen LogP contribution in [0.3, 0.4) is 0 Å². The highest BCUT2D eigenvalue weighted by molar-refractivity contribution is 5.77. The van der Waals surface area contributed by atoms with Gasteiger partial charge in [0.05, 0.1) is 21.3 Å². The maximum Gasteiger partial charge on any atom is 0.220 e. The highest BCUT2D eigenvalue weighted by Crippen LogP contribution is 2.34. The minimum absolute atomic E-state index is 0.0211. The van der Waals surface area contributed by atoms with Gasteiger partial charge in [0.2, 0.25) is 5.91 Å². The molecule has 7 nitrogen and oxygen atoms in total. The van der Waals surface area contributed by atoms with Gasteiger partial charge < -0.3 is 24.4 Å². The molecule has 1 amide bonds. The van der Waals surface area contributed by atoms with Gasteiger partial charge in [-0.05, 0) is 25.0 Å². The number of ether oxygens (including phenoxy) is 3. The van der Waals surface area contributed by atoms with Gasteiger partial charge >= 0.3 is 0 Å². The Labute approximate surface area is 165 Å². The van der Waals surface area contributed by atoms with E-state index in [0.29, 0.717) is 30.1 Å². The number of amides is 1. The Morgan fingerprint density at radius 3 is 2.54 bits per heavy atom. The topological polar surface area (TPSA) is 72.9 Å². The van der Waals surface area contributed by atoms with E-state index in [1.807, 2.05) is 18.2 Å². The van der Waals surface area contributed by atoms with Gasteiger partial charge in [-0.1, -0.05) is 6.07 Å². The van der Waals surface area contributed by atoms with Crippen molar-refractivity contribution in [2.75, 3.05) is 39.3 Å². The Hall–Kier alpha value is -2.96. The molecule has 0 spiro atoms. The van der Waals surface area contributed by atoms with Crippen LogP contribution in [-0.4, -0.2) is 51.4 Å². The minimum Gasteiger partial charge on any atom is -0.496 e. The number of anilines is 1. The molecule has 150 valence electrons.